The minimum absolute atomic E-state index is 0.0891. The Kier molecular flexibility index (Phi) is 4.29. The minimum Gasteiger partial charge on any atom is -0.272 e. The Hall–Kier alpha value is -5.52. The first-order valence-corrected chi connectivity index (χ1v) is 11.6. The number of hydrogen-bond acceptors (Lipinski definition) is 8. The van der Waals surface area contributed by atoms with E-state index in [9.17, 15) is 19.2 Å². The summed E-state index contributed by atoms with van der Waals surface area (Å²) < 4.78 is 5.16. The van der Waals surface area contributed by atoms with Crippen molar-refractivity contribution in [2.45, 2.75) is 0 Å². The van der Waals surface area contributed by atoms with Crippen LogP contribution in [-0.2, 0) is 14.1 Å². The summed E-state index contributed by atoms with van der Waals surface area (Å²) in [6, 6.07) is 18.1. The molecule has 12 heteroatoms. The molecule has 5 heterocycles. The van der Waals surface area contributed by atoms with E-state index < -0.39 is 22.2 Å². The highest BCUT2D eigenvalue weighted by Gasteiger charge is 2.35. The van der Waals surface area contributed by atoms with Gasteiger partial charge >= 0.3 is 22.6 Å². The maximum atomic E-state index is 12.9. The molecule has 0 fully saturated rings. The lowest BCUT2D eigenvalue weighted by atomic mass is 10.2. The highest BCUT2D eigenvalue weighted by atomic mass is 16.2. The van der Waals surface area contributed by atoms with Crippen LogP contribution in [0.25, 0.3) is 56.0 Å². The molecule has 7 aromatic rings. The highest BCUT2D eigenvalue weighted by Crippen LogP contribution is 2.17. The van der Waals surface area contributed by atoms with Crippen LogP contribution in [0.2, 0.25) is 0 Å². The van der Waals surface area contributed by atoms with Gasteiger partial charge in [-0.2, -0.15) is 9.13 Å². The van der Waals surface area contributed by atoms with Crippen molar-refractivity contribution in [1.29, 1.82) is 0 Å². The summed E-state index contributed by atoms with van der Waals surface area (Å²) in [4.78, 5) is 69.9. The van der Waals surface area contributed by atoms with Gasteiger partial charge in [-0.15, -0.1) is 0 Å². The van der Waals surface area contributed by atoms with Gasteiger partial charge in [-0.25, -0.2) is 0 Å². The molecule has 0 saturated heterocycles. The number of nitrogens with zero attached hydrogens (tertiary/aromatic N) is 8. The van der Waals surface area contributed by atoms with Crippen LogP contribution >= 0.6 is 0 Å². The van der Waals surface area contributed by atoms with Crippen molar-refractivity contribution in [3.8, 4) is 11.4 Å². The van der Waals surface area contributed by atoms with Gasteiger partial charge in [0.15, 0.2) is 0 Å². The lowest BCUT2D eigenvalue weighted by Crippen LogP contribution is -2.45. The quantitative estimate of drug-likeness (QED) is 0.225. The normalized spacial score (nSPS) is 11.8. The molecule has 0 amide bonds. The molecule has 12 nitrogen and oxygen atoms in total. The van der Waals surface area contributed by atoms with E-state index in [0.29, 0.717) is 11.4 Å². The second-order valence-corrected chi connectivity index (χ2v) is 8.82. The zero-order valence-corrected chi connectivity index (χ0v) is 20.0. The predicted molar refractivity (Wildman–Crippen MR) is 136 cm³/mol. The molecule has 0 spiro atoms. The summed E-state index contributed by atoms with van der Waals surface area (Å²) in [5.41, 5.74) is -0.623. The first-order valence-electron chi connectivity index (χ1n) is 11.6. The standard InChI is InChI=1S/C26H16N8O4/c1-31-23(35)15-16(24(31)36)28-20-19(27-15)33(13-9-5-3-6-10-13)21-22(34(20)14-11-7-4-8-12-14)30-18-17(29-21)25(37)32(2)26(18)38/h3-12H,1-2H3/q+2. The summed E-state index contributed by atoms with van der Waals surface area (Å²) in [5, 5.41) is 0. The topological polar surface area (TPSA) is 137 Å². The van der Waals surface area contributed by atoms with Crippen LogP contribution in [0.15, 0.2) is 79.8 Å². The van der Waals surface area contributed by atoms with Gasteiger partial charge in [0, 0.05) is 14.1 Å². The van der Waals surface area contributed by atoms with E-state index in [2.05, 4.69) is 19.9 Å². The summed E-state index contributed by atoms with van der Waals surface area (Å²) in [7, 11) is 2.74. The molecule has 5 aromatic heterocycles. The first kappa shape index (κ1) is 21.7. The molecule has 38 heavy (non-hydrogen) atoms. The zero-order chi connectivity index (χ0) is 26.3. The second-order valence-electron chi connectivity index (χ2n) is 8.82. The van der Waals surface area contributed by atoms with Gasteiger partial charge in [-0.1, -0.05) is 56.3 Å². The molecular weight excluding hydrogens is 488 g/mol. The van der Waals surface area contributed by atoms with Crippen molar-refractivity contribution >= 4 is 44.7 Å². The van der Waals surface area contributed by atoms with Gasteiger partial charge in [0.05, 0.1) is 0 Å². The Bertz CT molecular complexity index is 2050. The van der Waals surface area contributed by atoms with E-state index in [1.54, 1.807) is 33.4 Å². The van der Waals surface area contributed by atoms with E-state index >= 15 is 0 Å². The van der Waals surface area contributed by atoms with Crippen LogP contribution in [0.1, 0.15) is 0 Å². The zero-order valence-electron chi connectivity index (χ0n) is 20.0. The fourth-order valence-corrected chi connectivity index (χ4v) is 4.70. The Balaban J connectivity index is 1.85. The first-order chi connectivity index (χ1) is 18.4. The summed E-state index contributed by atoms with van der Waals surface area (Å²) in [6.45, 7) is 0. The maximum absolute atomic E-state index is 12.9. The average molecular weight is 504 g/mol. The maximum Gasteiger partial charge on any atom is 0.347 e. The average Bonchev–Trinajstić information content (AvgIpc) is 3.29. The molecule has 0 bridgehead atoms. The van der Waals surface area contributed by atoms with E-state index in [-0.39, 0.29) is 44.7 Å². The van der Waals surface area contributed by atoms with Crippen LogP contribution in [0.5, 0.6) is 0 Å². The molecule has 2 aromatic carbocycles. The van der Waals surface area contributed by atoms with Crippen molar-refractivity contribution in [2.75, 3.05) is 0 Å². The monoisotopic (exact) mass is 504 g/mol. The Morgan fingerprint density at radius 1 is 0.474 bits per heavy atom. The largest absolute Gasteiger partial charge is 0.347 e. The van der Waals surface area contributed by atoms with Crippen molar-refractivity contribution < 1.29 is 9.13 Å². The number of aromatic nitrogens is 8. The highest BCUT2D eigenvalue weighted by molar-refractivity contribution is 5.84. The third-order valence-corrected chi connectivity index (χ3v) is 6.62. The van der Waals surface area contributed by atoms with Gasteiger partial charge in [0.25, 0.3) is 44.3 Å². The number of hydrogen-bond donors (Lipinski definition) is 0. The minimum atomic E-state index is -0.576. The third kappa shape index (κ3) is 2.73. The Morgan fingerprint density at radius 3 is 1.00 bits per heavy atom. The van der Waals surface area contributed by atoms with Crippen LogP contribution in [0.4, 0.5) is 0 Å². The molecule has 0 aliphatic heterocycles. The van der Waals surface area contributed by atoms with E-state index in [4.69, 9.17) is 0 Å². The number of fused-ring (bicyclic) bond motifs is 4. The Labute approximate surface area is 210 Å². The van der Waals surface area contributed by atoms with Crippen molar-refractivity contribution in [1.82, 2.24) is 29.1 Å². The molecule has 0 unspecified atom stereocenters. The van der Waals surface area contributed by atoms with Gasteiger partial charge in [0.1, 0.15) is 11.4 Å². The molecule has 0 aliphatic rings. The number of para-hydroxylation sites is 2. The SMILES string of the molecule is Cn1c(=O)c2nc3c(nc2c1=O)[n+](-c1ccccc1)c1nc2c(=O)n(C)c(=O)c2nc1[n+]3-c1ccccc1. The molecule has 0 aliphatic carbocycles. The third-order valence-electron chi connectivity index (χ3n) is 6.62. The Morgan fingerprint density at radius 2 is 0.737 bits per heavy atom. The molecule has 182 valence electrons. The van der Waals surface area contributed by atoms with Crippen LogP contribution < -0.4 is 31.4 Å². The molecule has 0 radical (unpaired) electrons. The lowest BCUT2D eigenvalue weighted by Gasteiger charge is -2.08. The van der Waals surface area contributed by atoms with Crippen molar-refractivity contribution in [2.24, 2.45) is 14.1 Å². The number of benzene rings is 2. The molecule has 0 N–H and O–H groups in total. The summed E-state index contributed by atoms with van der Waals surface area (Å²) >= 11 is 0. The van der Waals surface area contributed by atoms with Crippen LogP contribution in [0, 0.1) is 0 Å². The van der Waals surface area contributed by atoms with Gasteiger partial charge in [0.2, 0.25) is 0 Å². The van der Waals surface area contributed by atoms with E-state index in [1.165, 1.54) is 14.1 Å². The number of rotatable bonds is 2. The smallest absolute Gasteiger partial charge is 0.272 e. The molecule has 7 rings (SSSR count). The van der Waals surface area contributed by atoms with Gasteiger partial charge < -0.3 is 0 Å². The fraction of sp³-hybridized carbons (Fsp3) is 0.0769. The summed E-state index contributed by atoms with van der Waals surface area (Å²) in [6.07, 6.45) is 0. The fourth-order valence-electron chi connectivity index (χ4n) is 4.70. The van der Waals surface area contributed by atoms with Crippen molar-refractivity contribution in [3.63, 3.8) is 0 Å². The van der Waals surface area contributed by atoms with Crippen LogP contribution in [0.3, 0.4) is 0 Å². The van der Waals surface area contributed by atoms with Gasteiger partial charge in [-0.05, 0) is 24.3 Å². The molecule has 0 saturated carbocycles. The predicted octanol–water partition coefficient (Wildman–Crippen LogP) is -0.574. The van der Waals surface area contributed by atoms with E-state index in [1.807, 2.05) is 36.4 Å². The lowest BCUT2D eigenvalue weighted by molar-refractivity contribution is -0.587. The van der Waals surface area contributed by atoms with E-state index in [0.717, 1.165) is 9.13 Å². The van der Waals surface area contributed by atoms with Crippen molar-refractivity contribution in [3.05, 3.63) is 102 Å². The van der Waals surface area contributed by atoms with Crippen LogP contribution in [-0.4, -0.2) is 29.1 Å². The van der Waals surface area contributed by atoms with Gasteiger partial charge in [-0.3, -0.25) is 28.3 Å². The molecular formula is C26H16N8O4+2. The second kappa shape index (κ2) is 7.49. The summed E-state index contributed by atoms with van der Waals surface area (Å²) in [5.74, 6) is 0. The molecule has 0 atom stereocenters.